The summed E-state index contributed by atoms with van der Waals surface area (Å²) in [6.45, 7) is 6.50. The summed E-state index contributed by atoms with van der Waals surface area (Å²) in [5.74, 6) is -0.108. The molecule has 0 aliphatic rings. The monoisotopic (exact) mass is 368 g/mol. The van der Waals surface area contributed by atoms with E-state index < -0.39 is 0 Å². The Morgan fingerprint density at radius 1 is 1.27 bits per heavy atom. The van der Waals surface area contributed by atoms with Crippen LogP contribution >= 0.6 is 11.6 Å². The number of halogens is 1. The molecule has 26 heavy (non-hydrogen) atoms. The average Bonchev–Trinajstić information content (AvgIpc) is 3.21. The number of rotatable bonds is 6. The van der Waals surface area contributed by atoms with Crippen molar-refractivity contribution in [3.63, 3.8) is 0 Å². The molecule has 0 atom stereocenters. The predicted octanol–water partition coefficient (Wildman–Crippen LogP) is 4.57. The molecule has 3 aromatic rings. The number of ketones is 1. The zero-order valence-corrected chi connectivity index (χ0v) is 15.8. The summed E-state index contributed by atoms with van der Waals surface area (Å²) in [5.41, 5.74) is 3.21. The van der Waals surface area contributed by atoms with Crippen LogP contribution in [0, 0.1) is 6.92 Å². The van der Waals surface area contributed by atoms with Gasteiger partial charge in [0.1, 0.15) is 5.15 Å². The molecule has 0 radical (unpaired) electrons. The Bertz CT molecular complexity index is 938. The SMILES string of the molecule is Cc1nn(Cc2ccccc2)c(Cl)c1C=CC(=O)c1cnn(C(C)C)c1. The van der Waals surface area contributed by atoms with Crippen LogP contribution in [0.25, 0.3) is 6.08 Å². The summed E-state index contributed by atoms with van der Waals surface area (Å²) in [7, 11) is 0. The second-order valence-electron chi connectivity index (χ2n) is 6.43. The van der Waals surface area contributed by atoms with Crippen LogP contribution < -0.4 is 0 Å². The second kappa shape index (κ2) is 7.70. The number of carbonyl (C=O) groups excluding carboxylic acids is 1. The molecule has 0 aliphatic carbocycles. The van der Waals surface area contributed by atoms with Crippen LogP contribution in [0.1, 0.15) is 47.1 Å². The first-order chi connectivity index (χ1) is 12.5. The molecule has 3 rings (SSSR count). The number of aromatic nitrogens is 4. The molecule has 0 unspecified atom stereocenters. The number of carbonyl (C=O) groups is 1. The molecular weight excluding hydrogens is 348 g/mol. The number of hydrogen-bond donors (Lipinski definition) is 0. The fourth-order valence-corrected chi connectivity index (χ4v) is 2.92. The van der Waals surface area contributed by atoms with Crippen molar-refractivity contribution in [2.45, 2.75) is 33.4 Å². The molecule has 0 amide bonds. The highest BCUT2D eigenvalue weighted by atomic mass is 35.5. The molecule has 2 heterocycles. The molecule has 1 aromatic carbocycles. The van der Waals surface area contributed by atoms with Gasteiger partial charge < -0.3 is 0 Å². The highest BCUT2D eigenvalue weighted by molar-refractivity contribution is 6.31. The third-order valence-corrected chi connectivity index (χ3v) is 4.50. The van der Waals surface area contributed by atoms with Gasteiger partial charge in [0.2, 0.25) is 0 Å². The van der Waals surface area contributed by atoms with Gasteiger partial charge in [-0.3, -0.25) is 9.48 Å². The van der Waals surface area contributed by atoms with Crippen LogP contribution in [0.15, 0.2) is 48.8 Å². The Morgan fingerprint density at radius 2 is 2.00 bits per heavy atom. The van der Waals surface area contributed by atoms with E-state index in [4.69, 9.17) is 11.6 Å². The van der Waals surface area contributed by atoms with Gasteiger partial charge in [0.05, 0.1) is 24.0 Å². The van der Waals surface area contributed by atoms with Gasteiger partial charge in [-0.25, -0.2) is 4.68 Å². The van der Waals surface area contributed by atoms with Gasteiger partial charge in [0.15, 0.2) is 5.78 Å². The van der Waals surface area contributed by atoms with E-state index in [2.05, 4.69) is 10.2 Å². The van der Waals surface area contributed by atoms with Crippen LogP contribution in [0.5, 0.6) is 0 Å². The molecule has 0 N–H and O–H groups in total. The van der Waals surface area contributed by atoms with Crippen LogP contribution in [0.4, 0.5) is 0 Å². The molecular formula is C20H21ClN4O. The van der Waals surface area contributed by atoms with Gasteiger partial charge in [-0.15, -0.1) is 0 Å². The quantitative estimate of drug-likeness (QED) is 0.473. The van der Waals surface area contributed by atoms with E-state index in [-0.39, 0.29) is 11.8 Å². The van der Waals surface area contributed by atoms with Gasteiger partial charge in [-0.1, -0.05) is 41.9 Å². The minimum Gasteiger partial charge on any atom is -0.289 e. The van der Waals surface area contributed by atoms with E-state index in [9.17, 15) is 4.79 Å². The summed E-state index contributed by atoms with van der Waals surface area (Å²) >= 11 is 6.48. The molecule has 6 heteroatoms. The number of aryl methyl sites for hydroxylation is 1. The third kappa shape index (κ3) is 3.94. The highest BCUT2D eigenvalue weighted by Crippen LogP contribution is 2.22. The Morgan fingerprint density at radius 3 is 2.65 bits per heavy atom. The van der Waals surface area contributed by atoms with Crippen molar-refractivity contribution in [2.75, 3.05) is 0 Å². The zero-order chi connectivity index (χ0) is 18.7. The molecule has 5 nitrogen and oxygen atoms in total. The first-order valence-electron chi connectivity index (χ1n) is 8.49. The molecule has 0 saturated heterocycles. The predicted molar refractivity (Wildman–Crippen MR) is 103 cm³/mol. The van der Waals surface area contributed by atoms with Crippen molar-refractivity contribution in [3.05, 3.63) is 76.3 Å². The lowest BCUT2D eigenvalue weighted by Crippen LogP contribution is -2.01. The summed E-state index contributed by atoms with van der Waals surface area (Å²) in [4.78, 5) is 12.4. The van der Waals surface area contributed by atoms with Gasteiger partial charge in [-0.2, -0.15) is 10.2 Å². The van der Waals surface area contributed by atoms with Crippen molar-refractivity contribution in [2.24, 2.45) is 0 Å². The van der Waals surface area contributed by atoms with E-state index in [0.29, 0.717) is 17.3 Å². The zero-order valence-electron chi connectivity index (χ0n) is 15.1. The Balaban J connectivity index is 1.78. The maximum atomic E-state index is 12.4. The van der Waals surface area contributed by atoms with E-state index in [1.807, 2.05) is 51.1 Å². The van der Waals surface area contributed by atoms with Crippen LogP contribution in [0.3, 0.4) is 0 Å². The van der Waals surface area contributed by atoms with E-state index in [0.717, 1.165) is 16.8 Å². The van der Waals surface area contributed by atoms with Gasteiger partial charge >= 0.3 is 0 Å². The summed E-state index contributed by atoms with van der Waals surface area (Å²) < 4.78 is 3.50. The maximum absolute atomic E-state index is 12.4. The van der Waals surface area contributed by atoms with Gasteiger partial charge in [0, 0.05) is 17.8 Å². The van der Waals surface area contributed by atoms with Gasteiger partial charge in [0.25, 0.3) is 0 Å². The number of benzene rings is 1. The molecule has 2 aromatic heterocycles. The van der Waals surface area contributed by atoms with Crippen LogP contribution in [-0.2, 0) is 6.54 Å². The van der Waals surface area contributed by atoms with Crippen molar-refractivity contribution in [3.8, 4) is 0 Å². The summed E-state index contributed by atoms with van der Waals surface area (Å²) in [5, 5.41) is 9.21. The van der Waals surface area contributed by atoms with Crippen molar-refractivity contribution in [1.29, 1.82) is 0 Å². The lowest BCUT2D eigenvalue weighted by Gasteiger charge is -2.03. The normalized spacial score (nSPS) is 11.6. The second-order valence-corrected chi connectivity index (χ2v) is 6.79. The minimum absolute atomic E-state index is 0.108. The average molecular weight is 369 g/mol. The van der Waals surface area contributed by atoms with E-state index in [1.165, 1.54) is 6.08 Å². The maximum Gasteiger partial charge on any atom is 0.189 e. The first kappa shape index (κ1) is 18.1. The van der Waals surface area contributed by atoms with Crippen LogP contribution in [-0.4, -0.2) is 25.3 Å². The molecule has 0 saturated carbocycles. The number of nitrogens with zero attached hydrogens (tertiary/aromatic N) is 4. The largest absolute Gasteiger partial charge is 0.289 e. The molecule has 0 bridgehead atoms. The minimum atomic E-state index is -0.108. The Hall–Kier alpha value is -2.66. The van der Waals surface area contributed by atoms with E-state index >= 15 is 0 Å². The summed E-state index contributed by atoms with van der Waals surface area (Å²) in [6, 6.07) is 10.2. The van der Waals surface area contributed by atoms with Gasteiger partial charge in [-0.05, 0) is 38.5 Å². The van der Waals surface area contributed by atoms with Crippen molar-refractivity contribution < 1.29 is 4.79 Å². The molecule has 0 aliphatic heterocycles. The molecule has 134 valence electrons. The smallest absolute Gasteiger partial charge is 0.189 e. The molecule has 0 spiro atoms. The van der Waals surface area contributed by atoms with Crippen molar-refractivity contribution in [1.82, 2.24) is 19.6 Å². The van der Waals surface area contributed by atoms with Crippen LogP contribution in [0.2, 0.25) is 5.15 Å². The fraction of sp³-hybridized carbons (Fsp3) is 0.250. The van der Waals surface area contributed by atoms with E-state index in [1.54, 1.807) is 27.8 Å². The third-order valence-electron chi connectivity index (χ3n) is 4.10. The summed E-state index contributed by atoms with van der Waals surface area (Å²) in [6.07, 6.45) is 6.58. The lowest BCUT2D eigenvalue weighted by atomic mass is 10.1. The Kier molecular flexibility index (Phi) is 5.38. The Labute approximate surface area is 157 Å². The van der Waals surface area contributed by atoms with Crippen molar-refractivity contribution >= 4 is 23.5 Å². The number of allylic oxidation sites excluding steroid dienone is 1. The standard InChI is InChI=1S/C20H21ClN4O/c1-14(2)24-13-17(11-22-24)19(26)10-9-18-15(3)23-25(20(18)21)12-16-7-5-4-6-8-16/h4-11,13-14H,12H2,1-3H3. The first-order valence-corrected chi connectivity index (χ1v) is 8.87. The lowest BCUT2D eigenvalue weighted by molar-refractivity contribution is 0.104. The highest BCUT2D eigenvalue weighted by Gasteiger charge is 2.13. The topological polar surface area (TPSA) is 52.7 Å². The fourth-order valence-electron chi connectivity index (χ4n) is 2.62. The molecule has 0 fully saturated rings. The number of hydrogen-bond acceptors (Lipinski definition) is 3.